The standard InChI is InChI=1S/C12H25N3O/c1-10(2)8-11(9-14(3)4)15-7-5-6-13-12(15)16/h10-11H,5-9H2,1-4H3,(H,13,16). The number of carbonyl (C=O) groups is 1. The first-order valence-electron chi connectivity index (χ1n) is 6.20. The maximum atomic E-state index is 11.8. The molecule has 16 heavy (non-hydrogen) atoms. The van der Waals surface area contributed by atoms with Crippen LogP contribution in [0.25, 0.3) is 0 Å². The monoisotopic (exact) mass is 227 g/mol. The fraction of sp³-hybridized carbons (Fsp3) is 0.917. The molecule has 0 aromatic carbocycles. The molecule has 4 heteroatoms. The smallest absolute Gasteiger partial charge is 0.317 e. The van der Waals surface area contributed by atoms with Crippen molar-refractivity contribution in [2.45, 2.75) is 32.7 Å². The lowest BCUT2D eigenvalue weighted by molar-refractivity contribution is 0.135. The Morgan fingerprint density at radius 1 is 1.44 bits per heavy atom. The van der Waals surface area contributed by atoms with E-state index in [0.29, 0.717) is 12.0 Å². The van der Waals surface area contributed by atoms with Gasteiger partial charge in [0.1, 0.15) is 0 Å². The SMILES string of the molecule is CC(C)CC(CN(C)C)N1CCCNC1=O. The number of amides is 2. The van der Waals surface area contributed by atoms with Crippen molar-refractivity contribution in [1.82, 2.24) is 15.1 Å². The van der Waals surface area contributed by atoms with Crippen molar-refractivity contribution in [2.24, 2.45) is 5.92 Å². The molecule has 0 aromatic heterocycles. The molecule has 0 radical (unpaired) electrons. The summed E-state index contributed by atoms with van der Waals surface area (Å²) in [6, 6.07) is 0.453. The van der Waals surface area contributed by atoms with Crippen LogP contribution >= 0.6 is 0 Å². The fourth-order valence-corrected chi connectivity index (χ4v) is 2.26. The zero-order chi connectivity index (χ0) is 12.1. The molecule has 2 amide bonds. The van der Waals surface area contributed by atoms with Crippen molar-refractivity contribution >= 4 is 6.03 Å². The largest absolute Gasteiger partial charge is 0.338 e. The highest BCUT2D eigenvalue weighted by molar-refractivity contribution is 5.75. The molecule has 1 unspecified atom stereocenters. The van der Waals surface area contributed by atoms with Crippen molar-refractivity contribution in [1.29, 1.82) is 0 Å². The van der Waals surface area contributed by atoms with Crippen LogP contribution in [0.4, 0.5) is 4.79 Å². The minimum atomic E-state index is 0.110. The van der Waals surface area contributed by atoms with Crippen LogP contribution in [0.1, 0.15) is 26.7 Å². The van der Waals surface area contributed by atoms with E-state index < -0.39 is 0 Å². The van der Waals surface area contributed by atoms with Gasteiger partial charge in [0.05, 0.1) is 0 Å². The third-order valence-electron chi connectivity index (χ3n) is 2.87. The predicted octanol–water partition coefficient (Wildman–Crippen LogP) is 1.38. The second kappa shape index (κ2) is 6.09. The molecule has 0 bridgehead atoms. The van der Waals surface area contributed by atoms with Crippen LogP contribution < -0.4 is 5.32 Å². The van der Waals surface area contributed by atoms with Gasteiger partial charge >= 0.3 is 6.03 Å². The number of urea groups is 1. The second-order valence-corrected chi connectivity index (χ2v) is 5.32. The molecule has 0 aromatic rings. The van der Waals surface area contributed by atoms with Crippen molar-refractivity contribution in [2.75, 3.05) is 33.7 Å². The van der Waals surface area contributed by atoms with E-state index in [9.17, 15) is 4.79 Å². The maximum absolute atomic E-state index is 11.8. The van der Waals surface area contributed by atoms with E-state index in [0.717, 1.165) is 32.5 Å². The highest BCUT2D eigenvalue weighted by atomic mass is 16.2. The Morgan fingerprint density at radius 2 is 2.12 bits per heavy atom. The molecule has 1 heterocycles. The van der Waals surface area contributed by atoms with Gasteiger partial charge in [-0.1, -0.05) is 13.8 Å². The molecule has 0 spiro atoms. The summed E-state index contributed by atoms with van der Waals surface area (Å²) in [5.74, 6) is 0.625. The van der Waals surface area contributed by atoms with Gasteiger partial charge in [-0.3, -0.25) is 0 Å². The summed E-state index contributed by atoms with van der Waals surface area (Å²) in [4.78, 5) is 16.0. The summed E-state index contributed by atoms with van der Waals surface area (Å²) < 4.78 is 0. The summed E-state index contributed by atoms with van der Waals surface area (Å²) in [7, 11) is 4.13. The molecule has 1 N–H and O–H groups in total. The average molecular weight is 227 g/mol. The highest BCUT2D eigenvalue weighted by Crippen LogP contribution is 2.15. The number of carbonyl (C=O) groups excluding carboxylic acids is 1. The Balaban J connectivity index is 2.61. The van der Waals surface area contributed by atoms with Crippen molar-refractivity contribution in [3.8, 4) is 0 Å². The predicted molar refractivity (Wildman–Crippen MR) is 66.5 cm³/mol. The Bertz CT molecular complexity index is 218. The summed E-state index contributed by atoms with van der Waals surface area (Å²) in [5, 5.41) is 2.93. The minimum Gasteiger partial charge on any atom is -0.338 e. The van der Waals surface area contributed by atoms with Gasteiger partial charge in [-0.15, -0.1) is 0 Å². The third kappa shape index (κ3) is 4.00. The molecular formula is C12H25N3O. The molecule has 4 nitrogen and oxygen atoms in total. The maximum Gasteiger partial charge on any atom is 0.317 e. The first kappa shape index (κ1) is 13.3. The summed E-state index contributed by atoms with van der Waals surface area (Å²) in [6.45, 7) is 7.10. The van der Waals surface area contributed by atoms with E-state index in [-0.39, 0.29) is 6.03 Å². The number of nitrogens with one attached hydrogen (secondary N) is 1. The van der Waals surface area contributed by atoms with Crippen molar-refractivity contribution in [3.63, 3.8) is 0 Å². The van der Waals surface area contributed by atoms with Gasteiger partial charge in [-0.2, -0.15) is 0 Å². The Labute approximate surface area is 99.0 Å². The molecule has 1 aliphatic heterocycles. The minimum absolute atomic E-state index is 0.110. The first-order chi connectivity index (χ1) is 7.50. The van der Waals surface area contributed by atoms with Crippen LogP contribution in [-0.4, -0.2) is 55.6 Å². The normalized spacial score (nSPS) is 19.1. The molecular weight excluding hydrogens is 202 g/mol. The van der Waals surface area contributed by atoms with E-state index in [2.05, 4.69) is 38.2 Å². The molecule has 1 atom stereocenters. The lowest BCUT2D eigenvalue weighted by atomic mass is 10.0. The lowest BCUT2D eigenvalue weighted by Gasteiger charge is -2.37. The second-order valence-electron chi connectivity index (χ2n) is 5.32. The lowest BCUT2D eigenvalue weighted by Crippen LogP contribution is -2.54. The van der Waals surface area contributed by atoms with Crippen LogP contribution in [0, 0.1) is 5.92 Å². The number of hydrogen-bond acceptors (Lipinski definition) is 2. The van der Waals surface area contributed by atoms with E-state index in [4.69, 9.17) is 0 Å². The van der Waals surface area contributed by atoms with E-state index >= 15 is 0 Å². The van der Waals surface area contributed by atoms with E-state index in [1.807, 2.05) is 4.90 Å². The molecule has 1 rings (SSSR count). The Kier molecular flexibility index (Phi) is 5.06. The van der Waals surface area contributed by atoms with E-state index in [1.54, 1.807) is 0 Å². The first-order valence-corrected chi connectivity index (χ1v) is 6.20. The van der Waals surface area contributed by atoms with Crippen molar-refractivity contribution in [3.05, 3.63) is 0 Å². The molecule has 1 aliphatic rings. The number of hydrogen-bond donors (Lipinski definition) is 1. The van der Waals surface area contributed by atoms with Gasteiger partial charge in [-0.25, -0.2) is 4.79 Å². The van der Waals surface area contributed by atoms with Gasteiger partial charge in [0, 0.05) is 25.7 Å². The Hall–Kier alpha value is -0.770. The fourth-order valence-electron chi connectivity index (χ4n) is 2.26. The number of rotatable bonds is 5. The Morgan fingerprint density at radius 3 is 2.62 bits per heavy atom. The zero-order valence-corrected chi connectivity index (χ0v) is 11.0. The summed E-state index contributed by atoms with van der Waals surface area (Å²) in [6.07, 6.45) is 2.14. The third-order valence-corrected chi connectivity index (χ3v) is 2.87. The van der Waals surface area contributed by atoms with Gasteiger partial charge in [0.25, 0.3) is 0 Å². The average Bonchev–Trinajstić information content (AvgIpc) is 2.15. The molecule has 94 valence electrons. The van der Waals surface area contributed by atoms with Gasteiger partial charge in [-0.05, 0) is 32.9 Å². The number of likely N-dealkylation sites (N-methyl/N-ethyl adjacent to an activating group) is 1. The van der Waals surface area contributed by atoms with Gasteiger partial charge in [0.15, 0.2) is 0 Å². The van der Waals surface area contributed by atoms with Crippen LogP contribution in [0.5, 0.6) is 0 Å². The highest BCUT2D eigenvalue weighted by Gasteiger charge is 2.26. The van der Waals surface area contributed by atoms with Gasteiger partial charge < -0.3 is 15.1 Å². The topological polar surface area (TPSA) is 35.6 Å². The summed E-state index contributed by atoms with van der Waals surface area (Å²) >= 11 is 0. The quantitative estimate of drug-likeness (QED) is 0.770. The zero-order valence-electron chi connectivity index (χ0n) is 11.0. The van der Waals surface area contributed by atoms with Crippen LogP contribution in [0.3, 0.4) is 0 Å². The van der Waals surface area contributed by atoms with Crippen molar-refractivity contribution < 1.29 is 4.79 Å². The van der Waals surface area contributed by atoms with E-state index in [1.165, 1.54) is 0 Å². The molecule has 0 aliphatic carbocycles. The van der Waals surface area contributed by atoms with Gasteiger partial charge in [0.2, 0.25) is 0 Å². The molecule has 0 saturated carbocycles. The summed E-state index contributed by atoms with van der Waals surface area (Å²) in [5.41, 5.74) is 0. The number of nitrogens with zero attached hydrogens (tertiary/aromatic N) is 2. The molecule has 1 fully saturated rings. The van der Waals surface area contributed by atoms with Crippen LogP contribution in [0.15, 0.2) is 0 Å². The van der Waals surface area contributed by atoms with Crippen LogP contribution in [-0.2, 0) is 0 Å². The van der Waals surface area contributed by atoms with Crippen LogP contribution in [0.2, 0.25) is 0 Å². The molecule has 1 saturated heterocycles.